The highest BCUT2D eigenvalue weighted by atomic mass is 19.1. The number of amides is 1. The van der Waals surface area contributed by atoms with Crippen molar-refractivity contribution in [2.24, 2.45) is 0 Å². The molecule has 0 fully saturated rings. The number of carbonyl (C=O) groups excluding carboxylic acids is 1. The molecule has 0 aliphatic carbocycles. The van der Waals surface area contributed by atoms with E-state index >= 15 is 0 Å². The van der Waals surface area contributed by atoms with Crippen LogP contribution in [0.1, 0.15) is 30.0 Å². The summed E-state index contributed by atoms with van der Waals surface area (Å²) >= 11 is 0. The van der Waals surface area contributed by atoms with Crippen LogP contribution in [0.3, 0.4) is 0 Å². The van der Waals surface area contributed by atoms with E-state index < -0.39 is 11.6 Å². The monoisotopic (exact) mass is 320 g/mol. The molecule has 1 aromatic carbocycles. The molecule has 0 saturated heterocycles. The van der Waals surface area contributed by atoms with Crippen molar-refractivity contribution in [1.29, 1.82) is 0 Å². The first-order chi connectivity index (χ1) is 11.0. The zero-order chi connectivity index (χ0) is 17.0. The summed E-state index contributed by atoms with van der Waals surface area (Å²) in [5.74, 6) is -1.79. The van der Waals surface area contributed by atoms with Crippen LogP contribution >= 0.6 is 0 Å². The molecular weight excluding hydrogens is 302 g/mol. The average Bonchev–Trinajstić information content (AvgIpc) is 2.51. The van der Waals surface area contributed by atoms with Gasteiger partial charge in [0, 0.05) is 18.8 Å². The third kappa shape index (κ3) is 3.80. The van der Waals surface area contributed by atoms with Crippen LogP contribution in [0.15, 0.2) is 24.3 Å². The van der Waals surface area contributed by atoms with Crippen LogP contribution in [0.5, 0.6) is 0 Å². The number of benzene rings is 1. The van der Waals surface area contributed by atoms with Crippen molar-refractivity contribution in [3.05, 3.63) is 47.3 Å². The SMILES string of the molecule is CCN(CC)C(=O)c1cc(C)nc(Nc2c(F)cccc2F)n1. The van der Waals surface area contributed by atoms with Crippen LogP contribution in [0.25, 0.3) is 0 Å². The van der Waals surface area contributed by atoms with Crippen molar-refractivity contribution in [2.75, 3.05) is 18.4 Å². The molecule has 1 N–H and O–H groups in total. The second kappa shape index (κ2) is 7.13. The van der Waals surface area contributed by atoms with Crippen LogP contribution in [0, 0.1) is 18.6 Å². The largest absolute Gasteiger partial charge is 0.338 e. The van der Waals surface area contributed by atoms with Crippen molar-refractivity contribution < 1.29 is 13.6 Å². The zero-order valence-corrected chi connectivity index (χ0v) is 13.2. The van der Waals surface area contributed by atoms with Gasteiger partial charge in [0.25, 0.3) is 5.91 Å². The first kappa shape index (κ1) is 16.8. The summed E-state index contributed by atoms with van der Waals surface area (Å²) in [5, 5.41) is 2.51. The quantitative estimate of drug-likeness (QED) is 0.918. The molecule has 0 unspecified atom stereocenters. The minimum atomic E-state index is -0.758. The summed E-state index contributed by atoms with van der Waals surface area (Å²) in [6.07, 6.45) is 0. The Bertz CT molecular complexity index is 697. The van der Waals surface area contributed by atoms with Gasteiger partial charge in [0.15, 0.2) is 0 Å². The number of aryl methyl sites for hydroxylation is 1. The minimum Gasteiger partial charge on any atom is -0.338 e. The van der Waals surface area contributed by atoms with Crippen molar-refractivity contribution in [2.45, 2.75) is 20.8 Å². The lowest BCUT2D eigenvalue weighted by Gasteiger charge is -2.18. The number of halogens is 2. The molecule has 2 rings (SSSR count). The van der Waals surface area contributed by atoms with Crippen molar-refractivity contribution in [3.63, 3.8) is 0 Å². The van der Waals surface area contributed by atoms with E-state index in [1.807, 2.05) is 13.8 Å². The maximum atomic E-state index is 13.7. The first-order valence-corrected chi connectivity index (χ1v) is 7.32. The Hall–Kier alpha value is -2.57. The van der Waals surface area contributed by atoms with Crippen LogP contribution in [0.2, 0.25) is 0 Å². The predicted molar refractivity (Wildman–Crippen MR) is 83.7 cm³/mol. The Balaban J connectivity index is 2.36. The van der Waals surface area contributed by atoms with Gasteiger partial charge in [0.2, 0.25) is 5.95 Å². The molecule has 0 radical (unpaired) electrons. The summed E-state index contributed by atoms with van der Waals surface area (Å²) in [7, 11) is 0. The molecule has 0 aliphatic rings. The number of hydrogen-bond acceptors (Lipinski definition) is 4. The zero-order valence-electron chi connectivity index (χ0n) is 13.2. The Morgan fingerprint density at radius 1 is 1.17 bits per heavy atom. The van der Waals surface area contributed by atoms with Crippen LogP contribution in [-0.4, -0.2) is 33.9 Å². The molecular formula is C16H18F2N4O. The Morgan fingerprint density at radius 2 is 1.78 bits per heavy atom. The second-order valence-corrected chi connectivity index (χ2v) is 4.92. The lowest BCUT2D eigenvalue weighted by Crippen LogP contribution is -2.31. The van der Waals surface area contributed by atoms with Gasteiger partial charge >= 0.3 is 0 Å². The standard InChI is InChI=1S/C16H18F2N4O/c1-4-22(5-2)15(23)13-9-10(3)19-16(20-13)21-14-11(17)7-6-8-12(14)18/h6-9H,4-5H2,1-3H3,(H,19,20,21). The molecule has 2 aromatic rings. The molecule has 1 amide bonds. The number of anilines is 2. The summed E-state index contributed by atoms with van der Waals surface area (Å²) in [5.41, 5.74) is 0.356. The van der Waals surface area contributed by atoms with E-state index in [1.165, 1.54) is 6.07 Å². The molecule has 0 bridgehead atoms. The van der Waals surface area contributed by atoms with E-state index in [2.05, 4.69) is 15.3 Å². The molecule has 0 saturated carbocycles. The first-order valence-electron chi connectivity index (χ1n) is 7.32. The number of nitrogens with zero attached hydrogens (tertiary/aromatic N) is 3. The Morgan fingerprint density at radius 3 is 2.35 bits per heavy atom. The van der Waals surface area contributed by atoms with E-state index in [1.54, 1.807) is 17.9 Å². The molecule has 0 aliphatic heterocycles. The Labute approximate surface area is 133 Å². The number of hydrogen-bond donors (Lipinski definition) is 1. The van der Waals surface area contributed by atoms with E-state index in [4.69, 9.17) is 0 Å². The van der Waals surface area contributed by atoms with Gasteiger partial charge in [-0.15, -0.1) is 0 Å². The van der Waals surface area contributed by atoms with Gasteiger partial charge < -0.3 is 10.2 Å². The fourth-order valence-electron chi connectivity index (χ4n) is 2.14. The number of nitrogens with one attached hydrogen (secondary N) is 1. The van der Waals surface area contributed by atoms with Gasteiger partial charge in [-0.05, 0) is 39.0 Å². The van der Waals surface area contributed by atoms with E-state index in [9.17, 15) is 13.6 Å². The lowest BCUT2D eigenvalue weighted by molar-refractivity contribution is 0.0767. The number of carbonyl (C=O) groups is 1. The topological polar surface area (TPSA) is 58.1 Å². The van der Waals surface area contributed by atoms with Crippen molar-refractivity contribution in [3.8, 4) is 0 Å². The second-order valence-electron chi connectivity index (χ2n) is 4.92. The summed E-state index contributed by atoms with van der Waals surface area (Å²) < 4.78 is 27.4. The fourth-order valence-corrected chi connectivity index (χ4v) is 2.14. The van der Waals surface area contributed by atoms with Gasteiger partial charge in [-0.2, -0.15) is 0 Å². The van der Waals surface area contributed by atoms with Gasteiger partial charge in [-0.3, -0.25) is 4.79 Å². The molecule has 1 heterocycles. The maximum absolute atomic E-state index is 13.7. The smallest absolute Gasteiger partial charge is 0.272 e. The molecule has 1 aromatic heterocycles. The van der Waals surface area contributed by atoms with Crippen LogP contribution in [0.4, 0.5) is 20.4 Å². The van der Waals surface area contributed by atoms with Gasteiger partial charge in [0.05, 0.1) is 0 Å². The summed E-state index contributed by atoms with van der Waals surface area (Å²) in [4.78, 5) is 22.1. The van der Waals surface area contributed by atoms with Gasteiger partial charge in [0.1, 0.15) is 23.0 Å². The molecule has 23 heavy (non-hydrogen) atoms. The number of para-hydroxylation sites is 1. The van der Waals surface area contributed by atoms with Gasteiger partial charge in [-0.1, -0.05) is 6.07 Å². The van der Waals surface area contributed by atoms with E-state index in [-0.39, 0.29) is 23.2 Å². The molecule has 7 heteroatoms. The summed E-state index contributed by atoms with van der Waals surface area (Å²) in [6, 6.07) is 5.07. The van der Waals surface area contributed by atoms with Gasteiger partial charge in [-0.25, -0.2) is 18.7 Å². The molecule has 0 spiro atoms. The third-order valence-corrected chi connectivity index (χ3v) is 3.32. The number of rotatable bonds is 5. The molecule has 0 atom stereocenters. The highest BCUT2D eigenvalue weighted by Gasteiger charge is 2.17. The predicted octanol–water partition coefficient (Wildman–Crippen LogP) is 3.29. The highest BCUT2D eigenvalue weighted by Crippen LogP contribution is 2.21. The van der Waals surface area contributed by atoms with Crippen molar-refractivity contribution in [1.82, 2.24) is 14.9 Å². The van der Waals surface area contributed by atoms with Crippen LogP contribution in [-0.2, 0) is 0 Å². The fraction of sp³-hybridized carbons (Fsp3) is 0.312. The van der Waals surface area contributed by atoms with Crippen LogP contribution < -0.4 is 5.32 Å². The Kier molecular flexibility index (Phi) is 5.20. The highest BCUT2D eigenvalue weighted by molar-refractivity contribution is 5.92. The third-order valence-electron chi connectivity index (χ3n) is 3.32. The molecule has 5 nitrogen and oxygen atoms in total. The minimum absolute atomic E-state index is 0.0236. The maximum Gasteiger partial charge on any atom is 0.272 e. The van der Waals surface area contributed by atoms with E-state index in [0.717, 1.165) is 12.1 Å². The lowest BCUT2D eigenvalue weighted by atomic mass is 10.3. The van der Waals surface area contributed by atoms with Crippen molar-refractivity contribution >= 4 is 17.5 Å². The number of aromatic nitrogens is 2. The average molecular weight is 320 g/mol. The summed E-state index contributed by atoms with van der Waals surface area (Å²) in [6.45, 7) is 6.50. The van der Waals surface area contributed by atoms with E-state index in [0.29, 0.717) is 18.8 Å². The molecule has 122 valence electrons. The normalized spacial score (nSPS) is 10.5.